The largest absolute Gasteiger partial charge is 0.392 e. The molecular weight excluding hydrogens is 819 g/mol. The predicted molar refractivity (Wildman–Crippen MR) is 241 cm³/mol. The Morgan fingerprint density at radius 3 is 2.27 bits per heavy atom. The fraction of sp³-hybridized carbons (Fsp3) is 0.745. The molecule has 5 aliphatic rings. The maximum atomic E-state index is 14.7. The Kier molecular flexibility index (Phi) is 16.1. The second-order valence-corrected chi connectivity index (χ2v) is 20.2. The van der Waals surface area contributed by atoms with Gasteiger partial charge in [-0.15, -0.1) is 0 Å². The van der Waals surface area contributed by atoms with Crippen LogP contribution in [0.2, 0.25) is 0 Å². The molecule has 5 aliphatic heterocycles. The molecule has 1 aromatic carbocycles. The van der Waals surface area contributed by atoms with E-state index >= 15 is 0 Å². The van der Waals surface area contributed by atoms with Gasteiger partial charge in [-0.05, 0) is 107 Å². The maximum absolute atomic E-state index is 14.7. The van der Waals surface area contributed by atoms with Gasteiger partial charge in [0, 0.05) is 36.2 Å². The number of aliphatic hydroxyl groups excluding tert-OH is 2. The van der Waals surface area contributed by atoms with E-state index in [4.69, 9.17) is 28.5 Å². The SMILES string of the molecule is CC[C@@H](C(=O)[C@@H](C)[C@@H](O)[C@H](C)[C@@H]1O[C@@H]([C@@H](CC)C(=O)ONC(=O)/C=C/c2ccccc2)CC[C@@H]1C)[C@H]1O[C@]2(C=C[C@@H](O)[C@]3(CC[C@@](C)([C@H]4CC[C@](O)(CC)[C@H](C)O4)O3)O2)[C@H](C)C[C@@H]1C. The summed E-state index contributed by atoms with van der Waals surface area (Å²) in [6.45, 7) is 19.6. The first-order valence-corrected chi connectivity index (χ1v) is 24.2. The molecular formula is C51H77NO12. The molecule has 0 bridgehead atoms. The normalized spacial score (nSPS) is 40.2. The van der Waals surface area contributed by atoms with Crippen LogP contribution in [0.5, 0.6) is 0 Å². The van der Waals surface area contributed by atoms with E-state index in [-0.39, 0.29) is 35.7 Å². The molecule has 64 heavy (non-hydrogen) atoms. The molecule has 6 rings (SSSR count). The number of hydroxylamine groups is 1. The molecule has 13 heteroatoms. The number of rotatable bonds is 14. The minimum atomic E-state index is -1.39. The average molecular weight is 896 g/mol. The average Bonchev–Trinajstić information content (AvgIpc) is 3.63. The number of ketones is 1. The van der Waals surface area contributed by atoms with Crippen LogP contribution in [0.4, 0.5) is 0 Å². The maximum Gasteiger partial charge on any atom is 0.337 e. The van der Waals surface area contributed by atoms with Crippen LogP contribution in [-0.2, 0) is 42.9 Å². The van der Waals surface area contributed by atoms with Crippen LogP contribution in [-0.4, -0.2) is 98.5 Å². The van der Waals surface area contributed by atoms with Crippen LogP contribution in [0, 0.1) is 41.4 Å². The van der Waals surface area contributed by atoms with Crippen molar-refractivity contribution in [3.05, 3.63) is 54.1 Å². The number of hydrogen-bond donors (Lipinski definition) is 4. The van der Waals surface area contributed by atoms with Crippen LogP contribution in [0.25, 0.3) is 6.08 Å². The number of hydrogen-bond acceptors (Lipinski definition) is 12. The molecule has 13 nitrogen and oxygen atoms in total. The standard InChI is InChI=1S/C51H77NO12/c1-11-37(47(57)62-52-42(54)22-20-36-17-15-14-16-18-36)39-21-19-30(4)45(60-39)34(8)43(55)33(7)44(56)38(12-2)46-31(5)29-32(6)50(61-46)26-23-40(53)51(64-50)28-27-48(10,63-51)41-24-25-49(58,13-3)35(9)59-41/h14-18,20,22-23,26,30-35,37-41,43,45-46,53,55,58H,11-13,19,21,24-25,27-29H2,1-10H3,(H,52,54)/b22-20+/t30-,31-,32+,33-,34-,35-,37+,38-,39+,40+,41+,43+,45+,46-,48-,49+,50-,51-/m0/s1. The van der Waals surface area contributed by atoms with Crippen molar-refractivity contribution in [3.63, 3.8) is 0 Å². The minimum Gasteiger partial charge on any atom is -0.392 e. The summed E-state index contributed by atoms with van der Waals surface area (Å²) in [5, 5.41) is 34.6. The molecule has 0 saturated carbocycles. The molecule has 4 fully saturated rings. The number of benzene rings is 1. The van der Waals surface area contributed by atoms with Crippen LogP contribution < -0.4 is 5.48 Å². The van der Waals surface area contributed by atoms with Gasteiger partial charge in [-0.2, -0.15) is 5.48 Å². The number of nitrogens with one attached hydrogen (secondary N) is 1. The molecule has 0 aromatic heterocycles. The highest BCUT2D eigenvalue weighted by molar-refractivity contribution is 5.91. The number of Topliss-reactive ketones (excluding diaryl/α,β-unsaturated/α-hetero) is 1. The highest BCUT2D eigenvalue weighted by atomic mass is 16.8. The van der Waals surface area contributed by atoms with Crippen molar-refractivity contribution >= 4 is 23.7 Å². The zero-order valence-electron chi connectivity index (χ0n) is 39.9. The van der Waals surface area contributed by atoms with Crippen LogP contribution in [0.15, 0.2) is 48.6 Å². The van der Waals surface area contributed by atoms with Gasteiger partial charge in [-0.1, -0.05) is 85.7 Å². The van der Waals surface area contributed by atoms with E-state index in [2.05, 4.69) is 26.3 Å². The van der Waals surface area contributed by atoms with E-state index in [1.165, 1.54) is 6.08 Å². The molecule has 4 N–H and O–H groups in total. The van der Waals surface area contributed by atoms with Crippen molar-refractivity contribution in [2.75, 3.05) is 0 Å². The number of amides is 1. The first-order valence-electron chi connectivity index (χ1n) is 24.2. The summed E-state index contributed by atoms with van der Waals surface area (Å²) >= 11 is 0. The van der Waals surface area contributed by atoms with E-state index in [0.29, 0.717) is 57.8 Å². The van der Waals surface area contributed by atoms with E-state index < -0.39 is 88.8 Å². The van der Waals surface area contributed by atoms with E-state index in [1.54, 1.807) is 25.2 Å². The topological polar surface area (TPSA) is 179 Å². The molecule has 2 spiro atoms. The monoisotopic (exact) mass is 896 g/mol. The van der Waals surface area contributed by atoms with Crippen LogP contribution in [0.1, 0.15) is 139 Å². The number of ether oxygens (including phenoxy) is 5. The third-order valence-corrected chi connectivity index (χ3v) is 15.9. The fourth-order valence-electron chi connectivity index (χ4n) is 11.4. The van der Waals surface area contributed by atoms with Crippen molar-refractivity contribution in [3.8, 4) is 0 Å². The van der Waals surface area contributed by atoms with Gasteiger partial charge in [0.05, 0.1) is 53.7 Å². The third-order valence-electron chi connectivity index (χ3n) is 15.9. The zero-order valence-corrected chi connectivity index (χ0v) is 39.9. The lowest BCUT2D eigenvalue weighted by molar-refractivity contribution is -0.409. The van der Waals surface area contributed by atoms with Gasteiger partial charge in [0.2, 0.25) is 5.79 Å². The molecule has 358 valence electrons. The van der Waals surface area contributed by atoms with Gasteiger partial charge in [0.15, 0.2) is 5.79 Å². The Labute approximate surface area is 380 Å². The lowest BCUT2D eigenvalue weighted by atomic mass is 9.72. The Balaban J connectivity index is 1.10. The summed E-state index contributed by atoms with van der Waals surface area (Å²) < 4.78 is 33.9. The lowest BCUT2D eigenvalue weighted by Crippen LogP contribution is -2.63. The molecule has 4 saturated heterocycles. The van der Waals surface area contributed by atoms with Crippen molar-refractivity contribution in [1.29, 1.82) is 0 Å². The fourth-order valence-corrected chi connectivity index (χ4v) is 11.4. The van der Waals surface area contributed by atoms with Crippen molar-refractivity contribution in [2.24, 2.45) is 41.4 Å². The second-order valence-electron chi connectivity index (χ2n) is 20.2. The molecule has 1 aromatic rings. The minimum absolute atomic E-state index is 0.0156. The first-order chi connectivity index (χ1) is 30.3. The Morgan fingerprint density at radius 1 is 0.906 bits per heavy atom. The van der Waals surface area contributed by atoms with Crippen molar-refractivity contribution < 1.29 is 58.2 Å². The van der Waals surface area contributed by atoms with Crippen molar-refractivity contribution in [1.82, 2.24) is 5.48 Å². The molecule has 0 unspecified atom stereocenters. The first kappa shape index (κ1) is 50.4. The van der Waals surface area contributed by atoms with Gasteiger partial charge >= 0.3 is 5.97 Å². The molecule has 5 heterocycles. The highest BCUT2D eigenvalue weighted by Gasteiger charge is 2.63. The predicted octanol–water partition coefficient (Wildman–Crippen LogP) is 7.39. The summed E-state index contributed by atoms with van der Waals surface area (Å²) in [6, 6.07) is 9.32. The van der Waals surface area contributed by atoms with Gasteiger partial charge in [-0.3, -0.25) is 9.59 Å². The Bertz CT molecular complexity index is 1820. The Morgan fingerprint density at radius 2 is 1.61 bits per heavy atom. The van der Waals surface area contributed by atoms with Gasteiger partial charge < -0.3 is 43.8 Å². The van der Waals surface area contributed by atoms with Gasteiger partial charge in [-0.25, -0.2) is 4.79 Å². The smallest absolute Gasteiger partial charge is 0.337 e. The van der Waals surface area contributed by atoms with E-state index in [1.807, 2.05) is 71.9 Å². The lowest BCUT2D eigenvalue weighted by Gasteiger charge is -2.54. The Hall–Kier alpha value is -3.01. The summed E-state index contributed by atoms with van der Waals surface area (Å²) in [7, 11) is 0. The highest BCUT2D eigenvalue weighted by Crippen LogP contribution is 2.54. The molecule has 0 radical (unpaired) electrons. The summed E-state index contributed by atoms with van der Waals surface area (Å²) in [5.41, 5.74) is 1.41. The van der Waals surface area contributed by atoms with Gasteiger partial charge in [0.25, 0.3) is 5.91 Å². The number of aliphatic hydroxyl groups is 3. The van der Waals surface area contributed by atoms with Crippen LogP contribution in [0.3, 0.4) is 0 Å². The number of carbonyl (C=O) groups is 3. The third kappa shape index (κ3) is 10.3. The summed E-state index contributed by atoms with van der Waals surface area (Å²) in [6.07, 6.45) is 7.90. The number of carbonyl (C=O) groups excluding carboxylic acids is 3. The van der Waals surface area contributed by atoms with Crippen molar-refractivity contribution in [2.45, 2.75) is 199 Å². The van der Waals surface area contributed by atoms with E-state index in [0.717, 1.165) is 12.0 Å². The second kappa shape index (κ2) is 20.5. The van der Waals surface area contributed by atoms with Gasteiger partial charge in [0.1, 0.15) is 11.9 Å². The molecule has 18 atom stereocenters. The molecule has 0 aliphatic carbocycles. The van der Waals surface area contributed by atoms with E-state index in [9.17, 15) is 29.7 Å². The zero-order chi connectivity index (χ0) is 46.8. The molecule has 1 amide bonds. The van der Waals surface area contributed by atoms with Crippen LogP contribution >= 0.6 is 0 Å². The quantitative estimate of drug-likeness (QED) is 0.0828. The summed E-state index contributed by atoms with van der Waals surface area (Å²) in [5.74, 6) is -6.44. The summed E-state index contributed by atoms with van der Waals surface area (Å²) in [4.78, 5) is 45.6.